The Morgan fingerprint density at radius 3 is 2.87 bits per heavy atom. The van der Waals surface area contributed by atoms with Crippen LogP contribution in [-0.4, -0.2) is 37.6 Å². The topological polar surface area (TPSA) is 92.1 Å². The molecule has 1 fully saturated rings. The molecule has 1 aliphatic rings. The molecule has 0 saturated carbocycles. The fourth-order valence-corrected chi connectivity index (χ4v) is 2.94. The summed E-state index contributed by atoms with van der Waals surface area (Å²) < 4.78 is 0. The molecule has 23 heavy (non-hydrogen) atoms. The Kier molecular flexibility index (Phi) is 4.45. The number of anilines is 1. The van der Waals surface area contributed by atoms with Gasteiger partial charge in [0.2, 0.25) is 5.95 Å². The van der Waals surface area contributed by atoms with E-state index in [0.29, 0.717) is 18.2 Å². The number of aliphatic carboxylic acids is 1. The number of carboxylic acids is 1. The fraction of sp³-hybridized carbons (Fsp3) is 0.438. The summed E-state index contributed by atoms with van der Waals surface area (Å²) in [6.07, 6.45) is 6.00. The van der Waals surface area contributed by atoms with Crippen LogP contribution in [0.4, 0.5) is 5.95 Å². The molecular formula is C16H19N5O2. The van der Waals surface area contributed by atoms with Crippen molar-refractivity contribution < 1.29 is 9.90 Å². The van der Waals surface area contributed by atoms with Crippen molar-refractivity contribution in [3.05, 3.63) is 41.7 Å². The van der Waals surface area contributed by atoms with Gasteiger partial charge in [0.25, 0.3) is 0 Å². The van der Waals surface area contributed by atoms with E-state index < -0.39 is 5.97 Å². The summed E-state index contributed by atoms with van der Waals surface area (Å²) in [4.78, 5) is 30.5. The number of rotatable bonds is 5. The van der Waals surface area contributed by atoms with Crippen molar-refractivity contribution >= 4 is 11.9 Å². The van der Waals surface area contributed by atoms with Gasteiger partial charge in [-0.15, -0.1) is 0 Å². The molecule has 2 aromatic heterocycles. The number of aromatic nitrogens is 4. The van der Waals surface area contributed by atoms with Crippen molar-refractivity contribution in [1.82, 2.24) is 19.9 Å². The zero-order valence-corrected chi connectivity index (χ0v) is 13.0. The highest BCUT2D eigenvalue weighted by Crippen LogP contribution is 2.33. The Labute approximate surface area is 134 Å². The normalized spacial score (nSPS) is 17.4. The molecule has 7 heteroatoms. The summed E-state index contributed by atoms with van der Waals surface area (Å²) in [5.41, 5.74) is 1.69. The van der Waals surface area contributed by atoms with E-state index in [2.05, 4.69) is 24.8 Å². The molecule has 3 rings (SSSR count). The second kappa shape index (κ2) is 6.68. The minimum absolute atomic E-state index is 0.0755. The van der Waals surface area contributed by atoms with Gasteiger partial charge >= 0.3 is 5.97 Å². The Morgan fingerprint density at radius 2 is 2.13 bits per heavy atom. The zero-order chi connectivity index (χ0) is 16.2. The van der Waals surface area contributed by atoms with Gasteiger partial charge in [-0.3, -0.25) is 4.79 Å². The molecule has 2 aromatic rings. The Bertz CT molecular complexity index is 692. The summed E-state index contributed by atoms with van der Waals surface area (Å²) in [6.45, 7) is 2.73. The average molecular weight is 313 g/mol. The first-order chi connectivity index (χ1) is 11.1. The van der Waals surface area contributed by atoms with E-state index in [4.69, 9.17) is 5.11 Å². The molecule has 0 aromatic carbocycles. The minimum atomic E-state index is -0.817. The van der Waals surface area contributed by atoms with Crippen LogP contribution < -0.4 is 4.90 Å². The average Bonchev–Trinajstić information content (AvgIpc) is 3.03. The predicted molar refractivity (Wildman–Crippen MR) is 84.1 cm³/mol. The number of hydrogen-bond acceptors (Lipinski definition) is 6. The Balaban J connectivity index is 1.86. The molecule has 7 nitrogen and oxygen atoms in total. The molecule has 0 spiro atoms. The van der Waals surface area contributed by atoms with Crippen LogP contribution in [0.15, 0.2) is 24.5 Å². The van der Waals surface area contributed by atoms with Crippen LogP contribution in [0.2, 0.25) is 0 Å². The lowest BCUT2D eigenvalue weighted by molar-refractivity contribution is -0.136. The molecule has 1 saturated heterocycles. The SMILES string of the molecule is Cc1nc(CCC(=O)O)cc([C@H]2CCCN2c2ncccn2)n1. The van der Waals surface area contributed by atoms with E-state index in [-0.39, 0.29) is 12.5 Å². The second-order valence-electron chi connectivity index (χ2n) is 5.63. The lowest BCUT2D eigenvalue weighted by Gasteiger charge is -2.24. The standard InChI is InChI=1S/C16H19N5O2/c1-11-19-12(5-6-15(22)23)10-13(20-11)14-4-2-9-21(14)16-17-7-3-8-18-16/h3,7-8,10,14H,2,4-6,9H2,1H3,(H,22,23)/t14-/m1/s1. The van der Waals surface area contributed by atoms with E-state index >= 15 is 0 Å². The van der Waals surface area contributed by atoms with Crippen molar-refractivity contribution in [2.75, 3.05) is 11.4 Å². The van der Waals surface area contributed by atoms with E-state index in [1.165, 1.54) is 0 Å². The third-order valence-corrected chi connectivity index (χ3v) is 3.91. The Hall–Kier alpha value is -2.57. The first kappa shape index (κ1) is 15.3. The maximum absolute atomic E-state index is 10.8. The van der Waals surface area contributed by atoms with Gasteiger partial charge in [-0.1, -0.05) is 0 Å². The number of nitrogens with zero attached hydrogens (tertiary/aromatic N) is 5. The fourth-order valence-electron chi connectivity index (χ4n) is 2.94. The van der Waals surface area contributed by atoms with E-state index in [1.807, 2.05) is 13.0 Å². The molecule has 3 heterocycles. The second-order valence-corrected chi connectivity index (χ2v) is 5.63. The van der Waals surface area contributed by atoms with E-state index in [9.17, 15) is 4.79 Å². The van der Waals surface area contributed by atoms with Crippen LogP contribution in [0.3, 0.4) is 0 Å². The van der Waals surface area contributed by atoms with Gasteiger partial charge in [0, 0.05) is 31.1 Å². The maximum atomic E-state index is 10.8. The van der Waals surface area contributed by atoms with Gasteiger partial charge in [-0.25, -0.2) is 19.9 Å². The smallest absolute Gasteiger partial charge is 0.303 e. The van der Waals surface area contributed by atoms with Crippen LogP contribution in [0.5, 0.6) is 0 Å². The lowest BCUT2D eigenvalue weighted by atomic mass is 10.1. The summed E-state index contributed by atoms with van der Waals surface area (Å²) in [7, 11) is 0. The van der Waals surface area contributed by atoms with Crippen molar-refractivity contribution in [2.24, 2.45) is 0 Å². The Morgan fingerprint density at radius 1 is 1.35 bits per heavy atom. The quantitative estimate of drug-likeness (QED) is 0.901. The van der Waals surface area contributed by atoms with Crippen molar-refractivity contribution in [3.8, 4) is 0 Å². The maximum Gasteiger partial charge on any atom is 0.303 e. The van der Waals surface area contributed by atoms with Gasteiger partial charge in [-0.05, 0) is 31.9 Å². The molecule has 1 atom stereocenters. The van der Waals surface area contributed by atoms with Crippen molar-refractivity contribution in [1.29, 1.82) is 0 Å². The van der Waals surface area contributed by atoms with Gasteiger partial charge in [0.15, 0.2) is 0 Å². The molecule has 0 aliphatic carbocycles. The largest absolute Gasteiger partial charge is 0.481 e. The van der Waals surface area contributed by atoms with Crippen LogP contribution in [0, 0.1) is 6.92 Å². The zero-order valence-electron chi connectivity index (χ0n) is 13.0. The molecule has 120 valence electrons. The van der Waals surface area contributed by atoms with Crippen LogP contribution in [0.1, 0.15) is 42.5 Å². The molecule has 1 aliphatic heterocycles. The predicted octanol–water partition coefficient (Wildman–Crippen LogP) is 1.93. The first-order valence-corrected chi connectivity index (χ1v) is 7.73. The summed E-state index contributed by atoms with van der Waals surface area (Å²) in [5, 5.41) is 8.85. The van der Waals surface area contributed by atoms with E-state index in [0.717, 1.165) is 30.8 Å². The van der Waals surface area contributed by atoms with Crippen molar-refractivity contribution in [2.45, 2.75) is 38.6 Å². The number of carbonyl (C=O) groups is 1. The summed E-state index contributed by atoms with van der Waals surface area (Å²) in [6, 6.07) is 3.83. The summed E-state index contributed by atoms with van der Waals surface area (Å²) in [5.74, 6) is 0.560. The third-order valence-electron chi connectivity index (χ3n) is 3.91. The lowest BCUT2D eigenvalue weighted by Crippen LogP contribution is -2.25. The molecule has 1 N–H and O–H groups in total. The highest BCUT2D eigenvalue weighted by atomic mass is 16.4. The van der Waals surface area contributed by atoms with Gasteiger partial charge in [-0.2, -0.15) is 0 Å². The van der Waals surface area contributed by atoms with Crippen LogP contribution in [0.25, 0.3) is 0 Å². The monoisotopic (exact) mass is 313 g/mol. The van der Waals surface area contributed by atoms with Gasteiger partial charge in [0.1, 0.15) is 5.82 Å². The first-order valence-electron chi connectivity index (χ1n) is 7.73. The number of hydrogen-bond donors (Lipinski definition) is 1. The van der Waals surface area contributed by atoms with Gasteiger partial charge in [0.05, 0.1) is 18.2 Å². The minimum Gasteiger partial charge on any atom is -0.481 e. The molecule has 0 bridgehead atoms. The van der Waals surface area contributed by atoms with Gasteiger partial charge < -0.3 is 10.0 Å². The van der Waals surface area contributed by atoms with Crippen molar-refractivity contribution in [3.63, 3.8) is 0 Å². The molecule has 0 amide bonds. The van der Waals surface area contributed by atoms with Crippen LogP contribution in [-0.2, 0) is 11.2 Å². The third kappa shape index (κ3) is 3.61. The number of carboxylic acid groups (broad SMARTS) is 1. The highest BCUT2D eigenvalue weighted by Gasteiger charge is 2.29. The highest BCUT2D eigenvalue weighted by molar-refractivity contribution is 5.66. The molecular weight excluding hydrogens is 294 g/mol. The molecule has 0 radical (unpaired) electrons. The molecule has 0 unspecified atom stereocenters. The van der Waals surface area contributed by atoms with Crippen LogP contribution >= 0.6 is 0 Å². The number of aryl methyl sites for hydroxylation is 2. The van der Waals surface area contributed by atoms with E-state index in [1.54, 1.807) is 18.5 Å². The summed E-state index contributed by atoms with van der Waals surface area (Å²) >= 11 is 0.